The summed E-state index contributed by atoms with van der Waals surface area (Å²) in [5.74, 6) is 0.0782. The van der Waals surface area contributed by atoms with Gasteiger partial charge in [0.05, 0.1) is 6.61 Å². The van der Waals surface area contributed by atoms with Crippen molar-refractivity contribution in [2.45, 2.75) is 48.2 Å². The molecule has 1 N–H and O–H groups in total. The quantitative estimate of drug-likeness (QED) is 0.461. The molecule has 0 saturated carbocycles. The van der Waals surface area contributed by atoms with Crippen molar-refractivity contribution < 1.29 is 9.53 Å². The average molecular weight is 470 g/mol. The number of hydrogen-bond acceptors (Lipinski definition) is 3. The smallest absolute Gasteiger partial charge is 0.254 e. The maximum absolute atomic E-state index is 13.0. The molecule has 2 aliphatic rings. The number of amides is 1. The molecule has 30 heavy (non-hydrogen) atoms. The number of fused-ring (bicyclic) bond motifs is 2. The van der Waals surface area contributed by atoms with Crippen LogP contribution in [0.3, 0.4) is 0 Å². The third-order valence-electron chi connectivity index (χ3n) is 6.30. The fraction of sp³-hybridized carbons (Fsp3) is 0.522. The Morgan fingerprint density at radius 3 is 2.67 bits per heavy atom. The number of nitrogens with zero attached hydrogens (tertiary/aromatic N) is 1. The van der Waals surface area contributed by atoms with E-state index in [4.69, 9.17) is 39.5 Å². The predicted molar refractivity (Wildman–Crippen MR) is 123 cm³/mol. The standard InChI is InChI=1S/C23H27Cl3N2O2/c24-23(25,26)22(30-15-17-9-6-14-28-13-4-3-12-20(17)28)27-21(29)19-11-5-8-16-7-1-2-10-18(16)19/h1-2,5,7-8,10-11,17,20,22H,3-4,6,9,12-15H2,(H,27,29)/t17-,20-,22+/m1/s1. The number of rotatable bonds is 5. The number of alkyl halides is 3. The molecule has 2 aromatic carbocycles. The topological polar surface area (TPSA) is 41.6 Å². The molecule has 7 heteroatoms. The lowest BCUT2D eigenvalue weighted by molar-refractivity contribution is -0.0324. The van der Waals surface area contributed by atoms with Gasteiger partial charge in [-0.1, -0.05) is 77.6 Å². The van der Waals surface area contributed by atoms with E-state index in [1.807, 2.05) is 36.4 Å². The number of ether oxygens (including phenoxy) is 1. The van der Waals surface area contributed by atoms with E-state index in [1.54, 1.807) is 6.07 Å². The molecule has 4 nitrogen and oxygen atoms in total. The number of nitrogens with one attached hydrogen (secondary N) is 1. The van der Waals surface area contributed by atoms with E-state index in [9.17, 15) is 4.79 Å². The van der Waals surface area contributed by atoms with E-state index >= 15 is 0 Å². The van der Waals surface area contributed by atoms with Crippen molar-refractivity contribution in [3.8, 4) is 0 Å². The summed E-state index contributed by atoms with van der Waals surface area (Å²) in [6.07, 6.45) is 4.95. The van der Waals surface area contributed by atoms with Crippen LogP contribution in [0.5, 0.6) is 0 Å². The second-order valence-corrected chi connectivity index (χ2v) is 10.6. The van der Waals surface area contributed by atoms with E-state index in [0.29, 0.717) is 24.1 Å². The predicted octanol–water partition coefficient (Wildman–Crippen LogP) is 5.55. The second-order valence-electron chi connectivity index (χ2n) is 8.26. The van der Waals surface area contributed by atoms with E-state index in [-0.39, 0.29) is 5.91 Å². The summed E-state index contributed by atoms with van der Waals surface area (Å²) in [5.41, 5.74) is 0.534. The van der Waals surface area contributed by atoms with Gasteiger partial charge in [-0.3, -0.25) is 4.79 Å². The molecule has 0 aromatic heterocycles. The maximum Gasteiger partial charge on any atom is 0.254 e. The van der Waals surface area contributed by atoms with Gasteiger partial charge in [0.1, 0.15) is 0 Å². The number of carbonyl (C=O) groups is 1. The summed E-state index contributed by atoms with van der Waals surface area (Å²) in [4.78, 5) is 15.6. The Hall–Kier alpha value is -1.04. The van der Waals surface area contributed by atoms with Gasteiger partial charge in [-0.25, -0.2) is 0 Å². The molecular weight excluding hydrogens is 443 g/mol. The number of piperidine rings is 2. The minimum absolute atomic E-state index is 0.314. The number of halogens is 3. The Balaban J connectivity index is 1.46. The van der Waals surface area contributed by atoms with Gasteiger partial charge >= 0.3 is 0 Å². The molecule has 0 spiro atoms. The summed E-state index contributed by atoms with van der Waals surface area (Å²) < 4.78 is 4.28. The Bertz CT molecular complexity index is 879. The van der Waals surface area contributed by atoms with E-state index in [0.717, 1.165) is 36.7 Å². The lowest BCUT2D eigenvalue weighted by Crippen LogP contribution is -2.51. The van der Waals surface area contributed by atoms with Crippen LogP contribution in [0.25, 0.3) is 10.8 Å². The molecule has 2 saturated heterocycles. The summed E-state index contributed by atoms with van der Waals surface area (Å²) in [5, 5.41) is 4.64. The van der Waals surface area contributed by atoms with Gasteiger partial charge in [-0.05, 0) is 61.5 Å². The monoisotopic (exact) mass is 468 g/mol. The van der Waals surface area contributed by atoms with Crippen LogP contribution in [-0.2, 0) is 4.74 Å². The molecule has 0 aliphatic carbocycles. The van der Waals surface area contributed by atoms with Gasteiger partial charge in [0, 0.05) is 11.6 Å². The normalized spacial score (nSPS) is 23.7. The van der Waals surface area contributed by atoms with Crippen molar-refractivity contribution >= 4 is 51.5 Å². The molecule has 2 aliphatic heterocycles. The van der Waals surface area contributed by atoms with Crippen LogP contribution in [0.1, 0.15) is 42.5 Å². The van der Waals surface area contributed by atoms with Crippen LogP contribution in [0.4, 0.5) is 0 Å². The number of benzene rings is 2. The fourth-order valence-corrected chi connectivity index (χ4v) is 5.18. The van der Waals surface area contributed by atoms with Crippen LogP contribution >= 0.6 is 34.8 Å². The van der Waals surface area contributed by atoms with Gasteiger partial charge in [-0.15, -0.1) is 0 Å². The zero-order valence-corrected chi connectivity index (χ0v) is 19.1. The molecular formula is C23H27Cl3N2O2. The lowest BCUT2D eigenvalue weighted by atomic mass is 9.84. The largest absolute Gasteiger partial charge is 0.354 e. The third-order valence-corrected chi connectivity index (χ3v) is 6.89. The molecule has 4 rings (SSSR count). The second kappa shape index (κ2) is 9.62. The molecule has 0 unspecified atom stereocenters. The molecule has 3 atom stereocenters. The highest BCUT2D eigenvalue weighted by molar-refractivity contribution is 6.68. The first-order valence-electron chi connectivity index (χ1n) is 10.6. The first kappa shape index (κ1) is 22.2. The fourth-order valence-electron chi connectivity index (χ4n) is 4.83. The van der Waals surface area contributed by atoms with Crippen LogP contribution in [-0.4, -0.2) is 46.6 Å². The highest BCUT2D eigenvalue weighted by Crippen LogP contribution is 2.35. The Morgan fingerprint density at radius 1 is 1.07 bits per heavy atom. The van der Waals surface area contributed by atoms with E-state index in [1.165, 1.54) is 19.3 Å². The first-order chi connectivity index (χ1) is 14.4. The first-order valence-corrected chi connectivity index (χ1v) is 11.8. The number of carbonyl (C=O) groups excluding carboxylic acids is 1. The average Bonchev–Trinajstić information content (AvgIpc) is 2.75. The van der Waals surface area contributed by atoms with Crippen molar-refractivity contribution in [1.29, 1.82) is 0 Å². The van der Waals surface area contributed by atoms with Crippen LogP contribution in [0.2, 0.25) is 0 Å². The van der Waals surface area contributed by atoms with E-state index in [2.05, 4.69) is 10.2 Å². The highest BCUT2D eigenvalue weighted by atomic mass is 35.6. The van der Waals surface area contributed by atoms with Gasteiger partial charge in [0.25, 0.3) is 5.91 Å². The van der Waals surface area contributed by atoms with Crippen LogP contribution in [0.15, 0.2) is 42.5 Å². The molecule has 2 aromatic rings. The van der Waals surface area contributed by atoms with Crippen LogP contribution < -0.4 is 5.32 Å². The number of hydrogen-bond donors (Lipinski definition) is 1. The van der Waals surface area contributed by atoms with Crippen LogP contribution in [0, 0.1) is 5.92 Å². The van der Waals surface area contributed by atoms with Crippen molar-refractivity contribution in [2.24, 2.45) is 5.92 Å². The van der Waals surface area contributed by atoms with Crippen molar-refractivity contribution in [2.75, 3.05) is 19.7 Å². The van der Waals surface area contributed by atoms with Crippen molar-refractivity contribution in [1.82, 2.24) is 10.2 Å². The minimum Gasteiger partial charge on any atom is -0.354 e. The highest BCUT2D eigenvalue weighted by Gasteiger charge is 2.38. The summed E-state index contributed by atoms with van der Waals surface area (Å²) in [6.45, 7) is 2.79. The van der Waals surface area contributed by atoms with Crippen molar-refractivity contribution in [3.63, 3.8) is 0 Å². The third kappa shape index (κ3) is 5.05. The summed E-state index contributed by atoms with van der Waals surface area (Å²) in [7, 11) is 0. The molecule has 0 radical (unpaired) electrons. The maximum atomic E-state index is 13.0. The van der Waals surface area contributed by atoms with Gasteiger partial charge in [0.2, 0.25) is 3.79 Å². The zero-order chi connectivity index (χ0) is 21.1. The lowest BCUT2D eigenvalue weighted by Gasteiger charge is -2.44. The zero-order valence-electron chi connectivity index (χ0n) is 16.8. The Morgan fingerprint density at radius 2 is 1.83 bits per heavy atom. The summed E-state index contributed by atoms with van der Waals surface area (Å²) >= 11 is 18.6. The molecule has 0 bridgehead atoms. The Kier molecular flexibility index (Phi) is 7.11. The molecule has 2 heterocycles. The summed E-state index contributed by atoms with van der Waals surface area (Å²) in [6, 6.07) is 13.8. The molecule has 2 fully saturated rings. The van der Waals surface area contributed by atoms with Gasteiger partial charge in [-0.2, -0.15) is 0 Å². The molecule has 1 amide bonds. The van der Waals surface area contributed by atoms with Gasteiger partial charge in [0.15, 0.2) is 6.23 Å². The SMILES string of the molecule is O=C(N[C@@H](OC[C@H]1CCCN2CCCC[C@H]12)C(Cl)(Cl)Cl)c1cccc2ccccc12. The van der Waals surface area contributed by atoms with E-state index < -0.39 is 10.0 Å². The molecule has 162 valence electrons. The minimum atomic E-state index is -1.76. The van der Waals surface area contributed by atoms with Gasteiger partial charge < -0.3 is 15.0 Å². The Labute approximate surface area is 192 Å². The van der Waals surface area contributed by atoms with Crippen molar-refractivity contribution in [3.05, 3.63) is 48.0 Å².